The number of thioether (sulfide) groups is 2. The fourth-order valence-electron chi connectivity index (χ4n) is 6.40. The third-order valence-corrected chi connectivity index (χ3v) is 12.0. The Bertz CT molecular complexity index is 777. The highest BCUT2D eigenvalue weighted by molar-refractivity contribution is 8.13. The van der Waals surface area contributed by atoms with Gasteiger partial charge in [-0.05, 0) is 78.4 Å². The van der Waals surface area contributed by atoms with Crippen LogP contribution in [0.5, 0.6) is 0 Å². The van der Waals surface area contributed by atoms with Gasteiger partial charge in [-0.3, -0.25) is 14.4 Å². The first-order valence-corrected chi connectivity index (χ1v) is 23.4. The molecule has 0 aromatic heterocycles. The summed E-state index contributed by atoms with van der Waals surface area (Å²) >= 11 is 2.90. The van der Waals surface area contributed by atoms with E-state index in [0.717, 1.165) is 114 Å². The van der Waals surface area contributed by atoms with Gasteiger partial charge in [0.15, 0.2) is 10.2 Å². The lowest BCUT2D eigenvalue weighted by atomic mass is 10.0. The number of esters is 1. The second-order valence-corrected chi connectivity index (χ2v) is 17.3. The zero-order valence-corrected chi connectivity index (χ0v) is 36.5. The smallest absolute Gasteiger partial charge is 0.306 e. The van der Waals surface area contributed by atoms with E-state index >= 15 is 0 Å². The predicted octanol–water partition coefficient (Wildman–Crippen LogP) is 12.0. The third-order valence-electron chi connectivity index (χ3n) is 9.88. The van der Waals surface area contributed by atoms with Gasteiger partial charge in [0.1, 0.15) is 6.10 Å². The Hall–Kier alpha value is -0.610. The summed E-state index contributed by atoms with van der Waals surface area (Å²) in [5.41, 5.74) is 0. The molecule has 0 spiro atoms. The van der Waals surface area contributed by atoms with Crippen molar-refractivity contribution in [2.45, 2.75) is 212 Å². The van der Waals surface area contributed by atoms with Gasteiger partial charge in [0.05, 0.1) is 12.2 Å². The van der Waals surface area contributed by atoms with E-state index in [1.165, 1.54) is 87.7 Å². The average molecular weight is 774 g/mol. The van der Waals surface area contributed by atoms with Crippen LogP contribution in [0.1, 0.15) is 194 Å². The van der Waals surface area contributed by atoms with Gasteiger partial charge < -0.3 is 19.1 Å². The van der Waals surface area contributed by atoms with Crippen molar-refractivity contribution >= 4 is 39.7 Å². The number of ether oxygens (including phenoxy) is 3. The van der Waals surface area contributed by atoms with Crippen molar-refractivity contribution in [2.75, 3.05) is 46.4 Å². The molecule has 0 fully saturated rings. The number of carbonyl (C=O) groups excluding carboxylic acids is 3. The van der Waals surface area contributed by atoms with E-state index in [9.17, 15) is 14.4 Å². The van der Waals surface area contributed by atoms with Crippen molar-refractivity contribution in [3.63, 3.8) is 0 Å². The quantitative estimate of drug-likeness (QED) is 0.0448. The number of hydrogen-bond donors (Lipinski definition) is 0. The molecule has 0 aromatic rings. The Labute approximate surface area is 330 Å². The molecule has 52 heavy (non-hydrogen) atoms. The predicted molar refractivity (Wildman–Crippen MR) is 226 cm³/mol. The van der Waals surface area contributed by atoms with Gasteiger partial charge in [0.2, 0.25) is 0 Å². The average Bonchev–Trinajstić information content (AvgIpc) is 3.12. The molecule has 0 saturated heterocycles. The molecule has 7 nitrogen and oxygen atoms in total. The molecule has 0 rings (SSSR count). The number of carbonyl (C=O) groups is 3. The minimum atomic E-state index is -0.0710. The van der Waals surface area contributed by atoms with E-state index in [4.69, 9.17) is 14.2 Å². The van der Waals surface area contributed by atoms with Crippen LogP contribution in [0, 0.1) is 0 Å². The number of unbranched alkanes of at least 4 members (excludes halogenated alkanes) is 16. The SMILES string of the molecule is CCCCCCCC(CSC(=O)CCCCCCCC(CCCCCCCC(=O)SCC(CCCCCCC)OC)OC(=O)CCCN(C)C)OC. The van der Waals surface area contributed by atoms with Crippen LogP contribution in [0.4, 0.5) is 0 Å². The maximum Gasteiger partial charge on any atom is 0.306 e. The second kappa shape index (κ2) is 38.7. The molecule has 9 heteroatoms. The molecule has 0 aliphatic carbocycles. The fourth-order valence-corrected chi connectivity index (χ4v) is 8.32. The highest BCUT2D eigenvalue weighted by Gasteiger charge is 2.16. The van der Waals surface area contributed by atoms with Crippen LogP contribution in [0.2, 0.25) is 0 Å². The Kier molecular flexibility index (Phi) is 38.2. The van der Waals surface area contributed by atoms with Crippen molar-refractivity contribution < 1.29 is 28.6 Å². The van der Waals surface area contributed by atoms with Gasteiger partial charge in [-0.25, -0.2) is 0 Å². The van der Waals surface area contributed by atoms with E-state index in [1.807, 2.05) is 14.1 Å². The fraction of sp³-hybridized carbons (Fsp3) is 0.930. The summed E-state index contributed by atoms with van der Waals surface area (Å²) in [6.07, 6.45) is 30.0. The van der Waals surface area contributed by atoms with E-state index in [0.29, 0.717) is 29.5 Å². The molecular formula is C43H83NO6S2. The van der Waals surface area contributed by atoms with Crippen LogP contribution in [0.3, 0.4) is 0 Å². The lowest BCUT2D eigenvalue weighted by Crippen LogP contribution is -2.20. The second-order valence-electron chi connectivity index (χ2n) is 15.1. The monoisotopic (exact) mass is 774 g/mol. The molecule has 0 radical (unpaired) electrons. The summed E-state index contributed by atoms with van der Waals surface area (Å²) in [6.45, 7) is 5.36. The zero-order valence-electron chi connectivity index (χ0n) is 34.9. The van der Waals surface area contributed by atoms with Gasteiger partial charge in [-0.2, -0.15) is 0 Å². The van der Waals surface area contributed by atoms with Crippen molar-refractivity contribution in [3.05, 3.63) is 0 Å². The van der Waals surface area contributed by atoms with Crippen molar-refractivity contribution in [2.24, 2.45) is 0 Å². The zero-order chi connectivity index (χ0) is 38.5. The summed E-state index contributed by atoms with van der Waals surface area (Å²) in [5, 5.41) is 0.581. The van der Waals surface area contributed by atoms with Gasteiger partial charge >= 0.3 is 5.97 Å². The van der Waals surface area contributed by atoms with Gasteiger partial charge in [-0.1, -0.05) is 140 Å². The maximum atomic E-state index is 12.6. The molecule has 0 N–H and O–H groups in total. The first-order valence-electron chi connectivity index (χ1n) is 21.5. The highest BCUT2D eigenvalue weighted by Crippen LogP contribution is 2.21. The first-order chi connectivity index (χ1) is 25.2. The van der Waals surface area contributed by atoms with Crippen molar-refractivity contribution in [1.82, 2.24) is 4.90 Å². The lowest BCUT2D eigenvalue weighted by molar-refractivity contribution is -0.150. The number of nitrogens with zero attached hydrogens (tertiary/aromatic N) is 1. The number of hydrogen-bond acceptors (Lipinski definition) is 9. The molecule has 308 valence electrons. The standard InChI is InChI=1S/C43H83NO6S2/c1-7-9-11-15-23-30-39(48-5)36-51-42(46)33-25-19-13-17-21-28-38(50-41(45)32-27-35-44(3)4)29-22-18-14-20-26-34-43(47)52-37-40(49-6)31-24-16-12-10-8-2/h38-40H,7-37H2,1-6H3. The summed E-state index contributed by atoms with van der Waals surface area (Å²) in [4.78, 5) is 39.6. The van der Waals surface area contributed by atoms with Crippen LogP contribution >= 0.6 is 23.5 Å². The van der Waals surface area contributed by atoms with Crippen LogP contribution in [-0.4, -0.2) is 85.8 Å². The maximum absolute atomic E-state index is 12.6. The topological polar surface area (TPSA) is 82.1 Å². The Morgan fingerprint density at radius 1 is 0.481 bits per heavy atom. The highest BCUT2D eigenvalue weighted by atomic mass is 32.2. The minimum Gasteiger partial charge on any atom is -0.462 e. The minimum absolute atomic E-state index is 0.0106. The summed E-state index contributed by atoms with van der Waals surface area (Å²) in [7, 11) is 7.58. The molecule has 0 saturated carbocycles. The Balaban J connectivity index is 4.25. The van der Waals surface area contributed by atoms with Crippen LogP contribution in [-0.2, 0) is 28.6 Å². The van der Waals surface area contributed by atoms with E-state index in [2.05, 4.69) is 18.7 Å². The molecule has 0 heterocycles. The Morgan fingerprint density at radius 2 is 0.846 bits per heavy atom. The molecule has 2 atom stereocenters. The molecule has 2 unspecified atom stereocenters. The summed E-state index contributed by atoms with van der Waals surface area (Å²) < 4.78 is 17.2. The molecule has 0 bridgehead atoms. The van der Waals surface area contributed by atoms with Gasteiger partial charge in [0.25, 0.3) is 0 Å². The first kappa shape index (κ1) is 51.4. The lowest BCUT2D eigenvalue weighted by Gasteiger charge is -2.18. The van der Waals surface area contributed by atoms with Crippen molar-refractivity contribution in [1.29, 1.82) is 0 Å². The van der Waals surface area contributed by atoms with Crippen molar-refractivity contribution in [3.8, 4) is 0 Å². The van der Waals surface area contributed by atoms with E-state index in [-0.39, 0.29) is 24.3 Å². The van der Waals surface area contributed by atoms with Crippen LogP contribution in [0.25, 0.3) is 0 Å². The van der Waals surface area contributed by atoms with Gasteiger partial charge in [-0.15, -0.1) is 0 Å². The number of rotatable bonds is 39. The van der Waals surface area contributed by atoms with E-state index in [1.54, 1.807) is 14.2 Å². The molecule has 0 aliphatic heterocycles. The third kappa shape index (κ3) is 35.1. The molecule has 0 amide bonds. The molecule has 0 aliphatic rings. The summed E-state index contributed by atoms with van der Waals surface area (Å²) in [5.74, 6) is 1.47. The van der Waals surface area contributed by atoms with Crippen LogP contribution in [0.15, 0.2) is 0 Å². The number of methoxy groups -OCH3 is 2. The summed E-state index contributed by atoms with van der Waals surface area (Å²) in [6, 6.07) is 0. The molecular weight excluding hydrogens is 691 g/mol. The van der Waals surface area contributed by atoms with Crippen LogP contribution < -0.4 is 0 Å². The molecule has 0 aromatic carbocycles. The Morgan fingerprint density at radius 3 is 1.23 bits per heavy atom. The van der Waals surface area contributed by atoms with E-state index < -0.39 is 0 Å². The normalized spacial score (nSPS) is 13.4. The largest absolute Gasteiger partial charge is 0.462 e. The van der Waals surface area contributed by atoms with Gasteiger partial charge in [0, 0.05) is 45.0 Å².